The first-order valence-electron chi connectivity index (χ1n) is 8.65. The van der Waals surface area contributed by atoms with Crippen molar-refractivity contribution in [3.8, 4) is 5.75 Å². The number of nitrogens with zero attached hydrogens (tertiary/aromatic N) is 2. The minimum absolute atomic E-state index is 0.0228. The number of carbonyl (C=O) groups excluding carboxylic acids is 2. The summed E-state index contributed by atoms with van der Waals surface area (Å²) in [6, 6.07) is 16.7. The third-order valence-electron chi connectivity index (χ3n) is 4.01. The maximum atomic E-state index is 12.3. The van der Waals surface area contributed by atoms with Gasteiger partial charge in [0, 0.05) is 6.42 Å². The third-order valence-corrected chi connectivity index (χ3v) is 5.08. The van der Waals surface area contributed by atoms with Crippen molar-refractivity contribution in [3.63, 3.8) is 0 Å². The molecule has 1 aliphatic heterocycles. The zero-order valence-electron chi connectivity index (χ0n) is 15.5. The molecule has 1 atom stereocenters. The lowest BCUT2D eigenvalue weighted by Gasteiger charge is -2.10. The lowest BCUT2D eigenvalue weighted by atomic mass is 10.1. The number of thioether (sulfide) groups is 1. The number of hydrogen-bond donors (Lipinski definition) is 2. The topological polar surface area (TPSA) is 92.2 Å². The van der Waals surface area contributed by atoms with Gasteiger partial charge in [0.1, 0.15) is 11.0 Å². The second-order valence-electron chi connectivity index (χ2n) is 6.00. The molecule has 1 fully saturated rings. The number of benzene rings is 2. The molecule has 28 heavy (non-hydrogen) atoms. The first-order chi connectivity index (χ1) is 13.6. The Hall–Kier alpha value is -3.13. The number of ether oxygens (including phenoxy) is 1. The van der Waals surface area contributed by atoms with Gasteiger partial charge in [0.05, 0.1) is 18.5 Å². The number of nitrogens with one attached hydrogen (secondary N) is 2. The second-order valence-corrected chi connectivity index (χ2v) is 7.20. The summed E-state index contributed by atoms with van der Waals surface area (Å²) in [6.45, 7) is 1.85. The zero-order valence-corrected chi connectivity index (χ0v) is 16.3. The Morgan fingerprint density at radius 1 is 1.18 bits per heavy atom. The number of hydrogen-bond acceptors (Lipinski definition) is 6. The number of methoxy groups -OCH3 is 1. The molecule has 2 N–H and O–H groups in total. The van der Waals surface area contributed by atoms with Gasteiger partial charge in [-0.05, 0) is 24.6 Å². The number of amidine groups is 1. The highest BCUT2D eigenvalue weighted by atomic mass is 32.2. The molecule has 2 aromatic rings. The normalized spacial score (nSPS) is 18.1. The summed E-state index contributed by atoms with van der Waals surface area (Å²) < 4.78 is 5.21. The molecule has 1 heterocycles. The summed E-state index contributed by atoms with van der Waals surface area (Å²) in [5, 5.41) is 13.5. The fraction of sp³-hybridized carbons (Fsp3) is 0.200. The molecule has 0 bridgehead atoms. The summed E-state index contributed by atoms with van der Waals surface area (Å²) in [5.74, 6) is 0.0289. The van der Waals surface area contributed by atoms with Crippen LogP contribution in [0.5, 0.6) is 5.75 Å². The molecule has 8 heteroatoms. The van der Waals surface area contributed by atoms with Crippen molar-refractivity contribution in [1.29, 1.82) is 0 Å². The van der Waals surface area contributed by atoms with Gasteiger partial charge >= 0.3 is 0 Å². The van der Waals surface area contributed by atoms with Crippen LogP contribution >= 0.6 is 11.8 Å². The second kappa shape index (κ2) is 9.18. The van der Waals surface area contributed by atoms with E-state index in [0.717, 1.165) is 11.3 Å². The van der Waals surface area contributed by atoms with Gasteiger partial charge in [-0.3, -0.25) is 9.59 Å². The van der Waals surface area contributed by atoms with E-state index in [-0.39, 0.29) is 18.2 Å². The van der Waals surface area contributed by atoms with Gasteiger partial charge in [-0.2, -0.15) is 5.10 Å². The van der Waals surface area contributed by atoms with Crippen LogP contribution in [-0.4, -0.2) is 35.1 Å². The molecule has 3 rings (SSSR count). The van der Waals surface area contributed by atoms with Crippen LogP contribution in [0.25, 0.3) is 0 Å². The van der Waals surface area contributed by atoms with Gasteiger partial charge in [-0.25, -0.2) is 0 Å². The molecule has 0 radical (unpaired) electrons. The SMILES string of the molecule is COc1ccccc1NC(=O)C[C@H]1S/C(=N/N=C(/C)c2ccccc2)NC1=O. The fourth-order valence-corrected chi connectivity index (χ4v) is 3.48. The highest BCUT2D eigenvalue weighted by molar-refractivity contribution is 8.15. The Morgan fingerprint density at radius 3 is 2.64 bits per heavy atom. The molecule has 144 valence electrons. The van der Waals surface area contributed by atoms with E-state index in [4.69, 9.17) is 4.74 Å². The quantitative estimate of drug-likeness (QED) is 0.580. The highest BCUT2D eigenvalue weighted by Crippen LogP contribution is 2.26. The summed E-state index contributed by atoms with van der Waals surface area (Å²) >= 11 is 1.19. The van der Waals surface area contributed by atoms with Crippen molar-refractivity contribution in [2.75, 3.05) is 12.4 Å². The van der Waals surface area contributed by atoms with Crippen LogP contribution in [0.1, 0.15) is 18.9 Å². The Labute approximate surface area is 167 Å². The minimum Gasteiger partial charge on any atom is -0.495 e. The van der Waals surface area contributed by atoms with Gasteiger partial charge < -0.3 is 15.4 Å². The Morgan fingerprint density at radius 2 is 1.89 bits per heavy atom. The van der Waals surface area contributed by atoms with Crippen LogP contribution < -0.4 is 15.4 Å². The maximum Gasteiger partial charge on any atom is 0.240 e. The Bertz CT molecular complexity index is 928. The van der Waals surface area contributed by atoms with Crippen LogP contribution in [0.15, 0.2) is 64.8 Å². The van der Waals surface area contributed by atoms with Crippen LogP contribution in [0.3, 0.4) is 0 Å². The van der Waals surface area contributed by atoms with Gasteiger partial charge in [-0.15, -0.1) is 5.10 Å². The molecule has 0 aliphatic carbocycles. The largest absolute Gasteiger partial charge is 0.495 e. The number of rotatable bonds is 6. The smallest absolute Gasteiger partial charge is 0.240 e. The average molecular weight is 396 g/mol. The molecular weight excluding hydrogens is 376 g/mol. The van der Waals surface area contributed by atoms with E-state index in [1.165, 1.54) is 18.9 Å². The van der Waals surface area contributed by atoms with E-state index in [9.17, 15) is 9.59 Å². The van der Waals surface area contributed by atoms with Crippen molar-refractivity contribution < 1.29 is 14.3 Å². The van der Waals surface area contributed by atoms with Crippen molar-refractivity contribution in [2.24, 2.45) is 10.2 Å². The standard InChI is InChI=1S/C20H20N4O3S/c1-13(14-8-4-3-5-9-14)23-24-20-22-19(26)17(28-20)12-18(25)21-15-10-6-7-11-16(15)27-2/h3-11,17H,12H2,1-2H3,(H,21,25)(H,22,24,26)/b23-13-/t17-/m1/s1. The summed E-state index contributed by atoms with van der Waals surface area (Å²) in [7, 11) is 1.53. The summed E-state index contributed by atoms with van der Waals surface area (Å²) in [6.07, 6.45) is 0.0228. The average Bonchev–Trinajstić information content (AvgIpc) is 3.06. The van der Waals surface area contributed by atoms with E-state index < -0.39 is 5.25 Å². The van der Waals surface area contributed by atoms with Crippen LogP contribution in [0.4, 0.5) is 5.69 Å². The van der Waals surface area contributed by atoms with E-state index in [1.807, 2.05) is 43.3 Å². The molecule has 0 saturated carbocycles. The predicted molar refractivity (Wildman–Crippen MR) is 112 cm³/mol. The van der Waals surface area contributed by atoms with Gasteiger partial charge in [-0.1, -0.05) is 54.2 Å². The Balaban J connectivity index is 1.60. The molecular formula is C20H20N4O3S. The number of para-hydroxylation sites is 2. The summed E-state index contributed by atoms with van der Waals surface area (Å²) in [5.41, 5.74) is 2.25. The molecule has 0 aromatic heterocycles. The molecule has 2 amide bonds. The summed E-state index contributed by atoms with van der Waals surface area (Å²) in [4.78, 5) is 24.5. The van der Waals surface area contributed by atoms with Crippen LogP contribution in [0, 0.1) is 0 Å². The van der Waals surface area contributed by atoms with Gasteiger partial charge in [0.2, 0.25) is 11.8 Å². The zero-order chi connectivity index (χ0) is 19.9. The van der Waals surface area contributed by atoms with Crippen molar-refractivity contribution in [2.45, 2.75) is 18.6 Å². The molecule has 7 nitrogen and oxygen atoms in total. The lowest BCUT2D eigenvalue weighted by Crippen LogP contribution is -2.28. The third kappa shape index (κ3) is 4.98. The molecule has 2 aromatic carbocycles. The van der Waals surface area contributed by atoms with Crippen molar-refractivity contribution in [1.82, 2.24) is 5.32 Å². The van der Waals surface area contributed by atoms with Gasteiger partial charge in [0.25, 0.3) is 0 Å². The van der Waals surface area contributed by atoms with E-state index in [1.54, 1.807) is 18.2 Å². The number of carbonyl (C=O) groups is 2. The fourth-order valence-electron chi connectivity index (χ4n) is 2.56. The molecule has 1 aliphatic rings. The molecule has 1 saturated heterocycles. The number of amides is 2. The molecule has 0 unspecified atom stereocenters. The van der Waals surface area contributed by atoms with E-state index >= 15 is 0 Å². The van der Waals surface area contributed by atoms with Crippen LogP contribution in [-0.2, 0) is 9.59 Å². The maximum absolute atomic E-state index is 12.3. The predicted octanol–water partition coefficient (Wildman–Crippen LogP) is 3.04. The molecule has 0 spiro atoms. The number of anilines is 1. The highest BCUT2D eigenvalue weighted by Gasteiger charge is 2.32. The monoisotopic (exact) mass is 396 g/mol. The van der Waals surface area contributed by atoms with Gasteiger partial charge in [0.15, 0.2) is 5.17 Å². The van der Waals surface area contributed by atoms with Crippen LogP contribution in [0.2, 0.25) is 0 Å². The first-order valence-corrected chi connectivity index (χ1v) is 9.53. The first kappa shape index (κ1) is 19.6. The minimum atomic E-state index is -0.555. The van der Waals surface area contributed by atoms with E-state index in [0.29, 0.717) is 16.6 Å². The van der Waals surface area contributed by atoms with Crippen molar-refractivity contribution in [3.05, 3.63) is 60.2 Å². The Kier molecular flexibility index (Phi) is 6.44. The lowest BCUT2D eigenvalue weighted by molar-refractivity contribution is -0.122. The van der Waals surface area contributed by atoms with E-state index in [2.05, 4.69) is 20.8 Å². The van der Waals surface area contributed by atoms with Crippen molar-refractivity contribution >= 4 is 40.1 Å².